The predicted molar refractivity (Wildman–Crippen MR) is 67.9 cm³/mol. The molecule has 18 heavy (non-hydrogen) atoms. The number of nitrogens with two attached hydrogens (primary N) is 1. The molecule has 1 aromatic rings. The first kappa shape index (κ1) is 12.3. The summed E-state index contributed by atoms with van der Waals surface area (Å²) in [5, 5.41) is 0.294. The van der Waals surface area contributed by atoms with Crippen molar-refractivity contribution in [2.45, 2.75) is 36.2 Å². The standard InChI is InChI=1S/C10H15N3O3S2/c1-6-9(17-10(11)12-6)18(14,15)13-4-7-2-3-8(5-13)16-7/h7-8H,2-5H2,1H3,(H2,11,12). The predicted octanol–water partition coefficient (Wildman–Crippen LogP) is 0.586. The molecule has 0 radical (unpaired) electrons. The van der Waals surface area contributed by atoms with E-state index in [2.05, 4.69) is 4.98 Å². The highest BCUT2D eigenvalue weighted by atomic mass is 32.2. The van der Waals surface area contributed by atoms with Crippen LogP contribution in [0.1, 0.15) is 18.5 Å². The van der Waals surface area contributed by atoms with Crippen LogP contribution < -0.4 is 5.73 Å². The lowest BCUT2D eigenvalue weighted by molar-refractivity contribution is -0.0114. The second-order valence-corrected chi connectivity index (χ2v) is 7.87. The largest absolute Gasteiger partial charge is 0.375 e. The summed E-state index contributed by atoms with van der Waals surface area (Å²) in [6.45, 7) is 2.56. The third-order valence-electron chi connectivity index (χ3n) is 3.35. The van der Waals surface area contributed by atoms with Gasteiger partial charge in [-0.2, -0.15) is 4.31 Å². The number of nitrogens with zero attached hydrogens (tertiary/aromatic N) is 2. The second-order valence-electron chi connectivity index (χ2n) is 4.70. The van der Waals surface area contributed by atoms with E-state index in [9.17, 15) is 8.42 Å². The van der Waals surface area contributed by atoms with Gasteiger partial charge >= 0.3 is 0 Å². The number of aryl methyl sites for hydroxylation is 1. The van der Waals surface area contributed by atoms with Gasteiger partial charge in [-0.05, 0) is 19.8 Å². The minimum atomic E-state index is -3.47. The van der Waals surface area contributed by atoms with E-state index in [0.717, 1.165) is 24.2 Å². The fraction of sp³-hybridized carbons (Fsp3) is 0.700. The molecule has 2 atom stereocenters. The van der Waals surface area contributed by atoms with Crippen LogP contribution in [-0.4, -0.2) is 43.0 Å². The van der Waals surface area contributed by atoms with Gasteiger partial charge in [0.15, 0.2) is 9.34 Å². The summed E-state index contributed by atoms with van der Waals surface area (Å²) in [4.78, 5) is 3.99. The molecule has 0 aromatic carbocycles. The summed E-state index contributed by atoms with van der Waals surface area (Å²) in [7, 11) is -3.47. The maximum absolute atomic E-state index is 12.5. The number of sulfonamides is 1. The molecule has 2 saturated heterocycles. The van der Waals surface area contributed by atoms with Gasteiger partial charge in [0.2, 0.25) is 0 Å². The van der Waals surface area contributed by atoms with Crippen molar-refractivity contribution in [1.82, 2.24) is 9.29 Å². The summed E-state index contributed by atoms with van der Waals surface area (Å²) >= 11 is 1.03. The number of morpholine rings is 1. The fourth-order valence-corrected chi connectivity index (χ4v) is 5.47. The van der Waals surface area contributed by atoms with Crippen LogP contribution in [-0.2, 0) is 14.8 Å². The van der Waals surface area contributed by atoms with Gasteiger partial charge in [0, 0.05) is 13.1 Å². The van der Waals surface area contributed by atoms with Gasteiger partial charge in [-0.25, -0.2) is 13.4 Å². The van der Waals surface area contributed by atoms with Gasteiger partial charge < -0.3 is 10.5 Å². The van der Waals surface area contributed by atoms with E-state index < -0.39 is 10.0 Å². The fourth-order valence-electron chi connectivity index (χ4n) is 2.53. The van der Waals surface area contributed by atoms with E-state index in [1.165, 1.54) is 4.31 Å². The molecule has 0 saturated carbocycles. The summed E-state index contributed by atoms with van der Waals surface area (Å²) in [5.74, 6) is 0. The molecule has 8 heteroatoms. The zero-order valence-corrected chi connectivity index (χ0v) is 11.6. The molecule has 2 N–H and O–H groups in total. The Labute approximate surface area is 110 Å². The van der Waals surface area contributed by atoms with Crippen molar-refractivity contribution in [1.29, 1.82) is 0 Å². The molecule has 3 heterocycles. The molecular weight excluding hydrogens is 274 g/mol. The summed E-state index contributed by atoms with van der Waals surface area (Å²) in [6, 6.07) is 0. The first-order valence-electron chi connectivity index (χ1n) is 5.85. The molecule has 0 spiro atoms. The van der Waals surface area contributed by atoms with Gasteiger partial charge in [0.1, 0.15) is 0 Å². The normalized spacial score (nSPS) is 28.7. The third-order valence-corrected chi connectivity index (χ3v) is 6.76. The van der Waals surface area contributed by atoms with Crippen LogP contribution in [0.15, 0.2) is 4.21 Å². The molecule has 2 fully saturated rings. The number of hydrogen-bond donors (Lipinski definition) is 1. The lowest BCUT2D eigenvalue weighted by atomic mass is 10.2. The molecule has 2 aliphatic rings. The molecule has 0 amide bonds. The van der Waals surface area contributed by atoms with Crippen LogP contribution in [0.4, 0.5) is 5.13 Å². The Morgan fingerprint density at radius 1 is 1.39 bits per heavy atom. The first-order valence-corrected chi connectivity index (χ1v) is 8.11. The zero-order valence-electron chi connectivity index (χ0n) is 10.00. The topological polar surface area (TPSA) is 85.5 Å². The van der Waals surface area contributed by atoms with Crippen LogP contribution in [0.25, 0.3) is 0 Å². The molecule has 6 nitrogen and oxygen atoms in total. The summed E-state index contributed by atoms with van der Waals surface area (Å²) in [6.07, 6.45) is 1.98. The van der Waals surface area contributed by atoms with Crippen LogP contribution >= 0.6 is 11.3 Å². The quantitative estimate of drug-likeness (QED) is 0.861. The second kappa shape index (κ2) is 4.16. The van der Waals surface area contributed by atoms with Crippen molar-refractivity contribution in [3.05, 3.63) is 5.69 Å². The molecule has 100 valence electrons. The number of rotatable bonds is 2. The van der Waals surface area contributed by atoms with E-state index in [1.54, 1.807) is 6.92 Å². The molecule has 2 aliphatic heterocycles. The van der Waals surface area contributed by atoms with E-state index in [4.69, 9.17) is 10.5 Å². The van der Waals surface area contributed by atoms with E-state index in [0.29, 0.717) is 23.9 Å². The average molecular weight is 289 g/mol. The highest BCUT2D eigenvalue weighted by molar-refractivity contribution is 7.91. The Morgan fingerprint density at radius 3 is 2.50 bits per heavy atom. The Kier molecular flexibility index (Phi) is 2.85. The van der Waals surface area contributed by atoms with Crippen molar-refractivity contribution < 1.29 is 13.2 Å². The van der Waals surface area contributed by atoms with E-state index in [1.807, 2.05) is 0 Å². The highest BCUT2D eigenvalue weighted by Gasteiger charge is 2.40. The summed E-state index contributed by atoms with van der Waals surface area (Å²) < 4.78 is 32.5. The smallest absolute Gasteiger partial charge is 0.254 e. The van der Waals surface area contributed by atoms with Gasteiger partial charge in [-0.3, -0.25) is 0 Å². The number of nitrogen functional groups attached to an aromatic ring is 1. The molecule has 0 aliphatic carbocycles. The van der Waals surface area contributed by atoms with Crippen molar-refractivity contribution in [2.75, 3.05) is 18.8 Å². The SMILES string of the molecule is Cc1nc(N)sc1S(=O)(=O)N1CC2CCC(C1)O2. The minimum Gasteiger partial charge on any atom is -0.375 e. The van der Waals surface area contributed by atoms with Crippen molar-refractivity contribution in [2.24, 2.45) is 0 Å². The number of aromatic nitrogens is 1. The molecule has 2 unspecified atom stereocenters. The van der Waals surface area contributed by atoms with Crippen LogP contribution in [0, 0.1) is 6.92 Å². The Morgan fingerprint density at radius 2 is 2.00 bits per heavy atom. The minimum absolute atomic E-state index is 0.0455. The lowest BCUT2D eigenvalue weighted by Crippen LogP contribution is -2.45. The number of thiazole rings is 1. The molecule has 1 aromatic heterocycles. The lowest BCUT2D eigenvalue weighted by Gasteiger charge is -2.30. The molecular formula is C10H15N3O3S2. The van der Waals surface area contributed by atoms with Crippen LogP contribution in [0.2, 0.25) is 0 Å². The van der Waals surface area contributed by atoms with E-state index in [-0.39, 0.29) is 16.4 Å². The van der Waals surface area contributed by atoms with Crippen LogP contribution in [0.5, 0.6) is 0 Å². The zero-order chi connectivity index (χ0) is 12.9. The Balaban J connectivity index is 1.93. The first-order chi connectivity index (χ1) is 8.46. The molecule has 2 bridgehead atoms. The molecule has 3 rings (SSSR count). The maximum Gasteiger partial charge on any atom is 0.254 e. The monoisotopic (exact) mass is 289 g/mol. The summed E-state index contributed by atoms with van der Waals surface area (Å²) in [5.41, 5.74) is 6.06. The highest BCUT2D eigenvalue weighted by Crippen LogP contribution is 2.33. The number of fused-ring (bicyclic) bond motifs is 2. The maximum atomic E-state index is 12.5. The van der Waals surface area contributed by atoms with Gasteiger partial charge in [0.25, 0.3) is 10.0 Å². The van der Waals surface area contributed by atoms with Crippen LogP contribution in [0.3, 0.4) is 0 Å². The number of hydrogen-bond acceptors (Lipinski definition) is 6. The van der Waals surface area contributed by atoms with Gasteiger partial charge in [0.05, 0.1) is 17.9 Å². The third kappa shape index (κ3) is 1.93. The average Bonchev–Trinajstić information content (AvgIpc) is 2.81. The number of anilines is 1. The number of ether oxygens (including phenoxy) is 1. The van der Waals surface area contributed by atoms with Crippen molar-refractivity contribution in [3.63, 3.8) is 0 Å². The van der Waals surface area contributed by atoms with Gasteiger partial charge in [-0.1, -0.05) is 11.3 Å². The Hall–Kier alpha value is -0.700. The van der Waals surface area contributed by atoms with E-state index >= 15 is 0 Å². The van der Waals surface area contributed by atoms with Gasteiger partial charge in [-0.15, -0.1) is 0 Å². The van der Waals surface area contributed by atoms with Crippen molar-refractivity contribution >= 4 is 26.5 Å². The Bertz CT molecular complexity index is 557. The van der Waals surface area contributed by atoms with Crippen molar-refractivity contribution in [3.8, 4) is 0 Å².